The van der Waals surface area contributed by atoms with Crippen LogP contribution in [-0.2, 0) is 23.3 Å². The normalized spacial score (nSPS) is 21.2. The van der Waals surface area contributed by atoms with E-state index in [2.05, 4.69) is 69.4 Å². The van der Waals surface area contributed by atoms with E-state index in [0.717, 1.165) is 58.3 Å². The van der Waals surface area contributed by atoms with Crippen LogP contribution in [0.2, 0.25) is 0 Å². The Morgan fingerprint density at radius 1 is 0.968 bits per heavy atom. The number of piperidine rings is 1. The van der Waals surface area contributed by atoms with Gasteiger partial charge in [0.05, 0.1) is 5.54 Å². The highest BCUT2D eigenvalue weighted by Crippen LogP contribution is 2.47. The van der Waals surface area contributed by atoms with Crippen LogP contribution in [-0.4, -0.2) is 40.3 Å². The molecular weight excluding hydrogens is 382 g/mol. The Hall–Kier alpha value is -2.59. The van der Waals surface area contributed by atoms with Crippen molar-refractivity contribution in [3.8, 4) is 0 Å². The van der Waals surface area contributed by atoms with Crippen LogP contribution in [0.15, 0.2) is 54.6 Å². The number of hydrogen-bond acceptors (Lipinski definition) is 2. The molecule has 4 heteroatoms. The molecule has 160 valence electrons. The van der Waals surface area contributed by atoms with E-state index in [1.54, 1.807) is 0 Å². The van der Waals surface area contributed by atoms with E-state index in [9.17, 15) is 4.79 Å². The number of carbonyl (C=O) groups excluding carboxylic acids is 1. The van der Waals surface area contributed by atoms with Gasteiger partial charge in [-0.15, -0.1) is 0 Å². The average molecular weight is 414 g/mol. The summed E-state index contributed by atoms with van der Waals surface area (Å²) in [6, 6.07) is 19.4. The van der Waals surface area contributed by atoms with Crippen LogP contribution in [0.3, 0.4) is 0 Å². The summed E-state index contributed by atoms with van der Waals surface area (Å²) in [5.74, 6) is 0.664. The number of carbonyl (C=O) groups is 1. The molecule has 1 aliphatic carbocycles. The number of H-pyrrole nitrogens is 1. The van der Waals surface area contributed by atoms with Crippen molar-refractivity contribution >= 4 is 16.8 Å². The van der Waals surface area contributed by atoms with Crippen molar-refractivity contribution in [2.24, 2.45) is 5.92 Å². The first-order valence-electron chi connectivity index (χ1n) is 11.9. The number of hydrogen-bond donors (Lipinski definition) is 1. The Labute approximate surface area is 184 Å². The zero-order chi connectivity index (χ0) is 20.8. The molecule has 1 amide bonds. The molecule has 0 unspecified atom stereocenters. The standard InChI is InChI=1S/C27H31N3O/c31-26(21-9-6-10-21)30-16-13-23-22-11-4-5-12-24(22)28-25(23)27(30)14-17-29(18-15-27)19-20-7-2-1-3-8-20/h1-5,7-8,11-12,21,28H,6,9-10,13-19H2. The highest BCUT2D eigenvalue weighted by molar-refractivity contribution is 5.87. The van der Waals surface area contributed by atoms with Gasteiger partial charge in [-0.1, -0.05) is 55.0 Å². The summed E-state index contributed by atoms with van der Waals surface area (Å²) in [6.07, 6.45) is 6.35. The van der Waals surface area contributed by atoms with Gasteiger partial charge in [-0.05, 0) is 49.3 Å². The fourth-order valence-corrected chi connectivity index (χ4v) is 6.07. The second-order valence-corrected chi connectivity index (χ2v) is 9.69. The number of para-hydroxylation sites is 1. The lowest BCUT2D eigenvalue weighted by molar-refractivity contribution is -0.149. The van der Waals surface area contributed by atoms with Gasteiger partial charge in [0.15, 0.2) is 0 Å². The topological polar surface area (TPSA) is 39.3 Å². The van der Waals surface area contributed by atoms with Crippen molar-refractivity contribution < 1.29 is 4.79 Å². The van der Waals surface area contributed by atoms with Gasteiger partial charge in [0.1, 0.15) is 0 Å². The number of amides is 1. The summed E-state index contributed by atoms with van der Waals surface area (Å²) in [4.78, 5) is 22.2. The molecule has 1 aromatic heterocycles. The number of benzene rings is 2. The summed E-state index contributed by atoms with van der Waals surface area (Å²) in [5, 5.41) is 1.35. The number of aromatic nitrogens is 1. The lowest BCUT2D eigenvalue weighted by atomic mass is 9.75. The van der Waals surface area contributed by atoms with E-state index < -0.39 is 0 Å². The molecule has 0 radical (unpaired) electrons. The Morgan fingerprint density at radius 3 is 2.45 bits per heavy atom. The van der Waals surface area contributed by atoms with Crippen molar-refractivity contribution in [1.82, 2.24) is 14.8 Å². The minimum Gasteiger partial charge on any atom is -0.356 e. The molecule has 2 aromatic carbocycles. The molecule has 0 bridgehead atoms. The largest absolute Gasteiger partial charge is 0.356 e. The molecule has 3 heterocycles. The maximum Gasteiger partial charge on any atom is 0.226 e. The fraction of sp³-hybridized carbons (Fsp3) is 0.444. The number of nitrogens with zero attached hydrogens (tertiary/aromatic N) is 2. The van der Waals surface area contributed by atoms with Crippen LogP contribution in [0.25, 0.3) is 10.9 Å². The van der Waals surface area contributed by atoms with E-state index in [0.29, 0.717) is 5.91 Å². The Bertz CT molecular complexity index is 1090. The average Bonchev–Trinajstić information content (AvgIpc) is 3.15. The second kappa shape index (κ2) is 7.52. The van der Waals surface area contributed by atoms with Crippen LogP contribution in [0, 0.1) is 5.92 Å². The zero-order valence-corrected chi connectivity index (χ0v) is 18.1. The summed E-state index contributed by atoms with van der Waals surface area (Å²) in [7, 11) is 0. The SMILES string of the molecule is O=C(C1CCC1)N1CCc2c([nH]c3ccccc23)C12CCN(Cc1ccccc1)CC2. The third-order valence-corrected chi connectivity index (χ3v) is 8.03. The highest BCUT2D eigenvalue weighted by Gasteiger charge is 2.49. The van der Waals surface area contributed by atoms with Gasteiger partial charge in [-0.25, -0.2) is 0 Å². The molecule has 1 N–H and O–H groups in total. The maximum atomic E-state index is 13.5. The van der Waals surface area contributed by atoms with Crippen LogP contribution < -0.4 is 0 Å². The predicted octanol–water partition coefficient (Wildman–Crippen LogP) is 4.84. The summed E-state index contributed by atoms with van der Waals surface area (Å²) < 4.78 is 0. The van der Waals surface area contributed by atoms with Gasteiger partial charge in [0.2, 0.25) is 5.91 Å². The van der Waals surface area contributed by atoms with E-state index in [1.807, 2.05) is 0 Å². The van der Waals surface area contributed by atoms with Gasteiger partial charge in [-0.2, -0.15) is 0 Å². The van der Waals surface area contributed by atoms with E-state index >= 15 is 0 Å². The van der Waals surface area contributed by atoms with Crippen LogP contribution >= 0.6 is 0 Å². The van der Waals surface area contributed by atoms with Crippen LogP contribution in [0.4, 0.5) is 0 Å². The first-order valence-corrected chi connectivity index (χ1v) is 11.9. The summed E-state index contributed by atoms with van der Waals surface area (Å²) >= 11 is 0. The van der Waals surface area contributed by atoms with Crippen molar-refractivity contribution in [3.63, 3.8) is 0 Å². The Morgan fingerprint density at radius 2 is 1.71 bits per heavy atom. The third-order valence-electron chi connectivity index (χ3n) is 8.03. The van der Waals surface area contributed by atoms with Crippen molar-refractivity contribution in [3.05, 3.63) is 71.4 Å². The smallest absolute Gasteiger partial charge is 0.226 e. The van der Waals surface area contributed by atoms with Crippen LogP contribution in [0.5, 0.6) is 0 Å². The van der Waals surface area contributed by atoms with Crippen LogP contribution in [0.1, 0.15) is 48.9 Å². The molecule has 4 nitrogen and oxygen atoms in total. The maximum absolute atomic E-state index is 13.5. The van der Waals surface area contributed by atoms with Gasteiger partial charge < -0.3 is 9.88 Å². The number of likely N-dealkylation sites (tertiary alicyclic amines) is 1. The highest BCUT2D eigenvalue weighted by atomic mass is 16.2. The Kier molecular flexibility index (Phi) is 4.64. The summed E-state index contributed by atoms with van der Waals surface area (Å²) in [6.45, 7) is 3.91. The van der Waals surface area contributed by atoms with Crippen molar-refractivity contribution in [1.29, 1.82) is 0 Å². The number of fused-ring (bicyclic) bond motifs is 4. The molecule has 2 aliphatic heterocycles. The third kappa shape index (κ3) is 3.11. The van der Waals surface area contributed by atoms with E-state index in [1.165, 1.54) is 34.1 Å². The van der Waals surface area contributed by atoms with Gasteiger partial charge in [0.25, 0.3) is 0 Å². The van der Waals surface area contributed by atoms with Gasteiger partial charge >= 0.3 is 0 Å². The molecule has 1 saturated heterocycles. The number of rotatable bonds is 3. The molecular formula is C27H31N3O. The van der Waals surface area contributed by atoms with Crippen molar-refractivity contribution in [2.45, 2.75) is 50.6 Å². The zero-order valence-electron chi connectivity index (χ0n) is 18.1. The lowest BCUT2D eigenvalue weighted by Gasteiger charge is -2.52. The quantitative estimate of drug-likeness (QED) is 0.667. The number of aromatic amines is 1. The predicted molar refractivity (Wildman–Crippen MR) is 124 cm³/mol. The van der Waals surface area contributed by atoms with Gasteiger partial charge in [0, 0.05) is 48.7 Å². The fourth-order valence-electron chi connectivity index (χ4n) is 6.07. The monoisotopic (exact) mass is 413 g/mol. The lowest BCUT2D eigenvalue weighted by Crippen LogP contribution is -2.59. The molecule has 3 aliphatic rings. The number of nitrogens with one attached hydrogen (secondary N) is 1. The van der Waals surface area contributed by atoms with E-state index in [-0.39, 0.29) is 11.5 Å². The minimum absolute atomic E-state index is 0.174. The molecule has 2 fully saturated rings. The molecule has 3 aromatic rings. The molecule has 6 rings (SSSR count). The molecule has 1 spiro atoms. The first kappa shape index (κ1) is 19.1. The van der Waals surface area contributed by atoms with Gasteiger partial charge in [-0.3, -0.25) is 9.69 Å². The second-order valence-electron chi connectivity index (χ2n) is 9.69. The molecule has 1 saturated carbocycles. The minimum atomic E-state index is -0.174. The molecule has 0 atom stereocenters. The van der Waals surface area contributed by atoms with Crippen molar-refractivity contribution in [2.75, 3.05) is 19.6 Å². The molecule has 31 heavy (non-hydrogen) atoms. The summed E-state index contributed by atoms with van der Waals surface area (Å²) in [5.41, 5.74) is 5.19. The Balaban J connectivity index is 1.34. The first-order chi connectivity index (χ1) is 15.2. The van der Waals surface area contributed by atoms with E-state index in [4.69, 9.17) is 0 Å².